The summed E-state index contributed by atoms with van der Waals surface area (Å²) in [5.41, 5.74) is 2.32. The van der Waals surface area contributed by atoms with Gasteiger partial charge in [0.05, 0.1) is 0 Å². The van der Waals surface area contributed by atoms with E-state index in [1.54, 1.807) is 24.3 Å². The topological polar surface area (TPSA) is 71.5 Å². The molecule has 0 radical (unpaired) electrons. The minimum Gasteiger partial charge on any atom is -0.448 e. The third-order valence-corrected chi connectivity index (χ3v) is 5.07. The minimum atomic E-state index is -0.890. The number of amides is 1. The van der Waals surface area contributed by atoms with Crippen LogP contribution in [-0.4, -0.2) is 34.9 Å². The number of aromatic nitrogens is 1. The van der Waals surface area contributed by atoms with Crippen LogP contribution in [0.25, 0.3) is 0 Å². The van der Waals surface area contributed by atoms with Crippen LogP contribution in [-0.2, 0) is 22.6 Å². The average molecular weight is 410 g/mol. The van der Waals surface area contributed by atoms with Crippen molar-refractivity contribution in [2.45, 2.75) is 26.1 Å². The van der Waals surface area contributed by atoms with Crippen LogP contribution in [0, 0.1) is 0 Å². The normalized spacial score (nSPS) is 11.5. The van der Waals surface area contributed by atoms with E-state index in [9.17, 15) is 9.59 Å². The second kappa shape index (κ2) is 9.84. The molecule has 1 atom stereocenters. The molecule has 3 rings (SSSR count). The first-order valence-electron chi connectivity index (χ1n) is 9.26. The number of hydrogen-bond donors (Lipinski definition) is 1. The Hall–Kier alpha value is -3.19. The molecule has 1 unspecified atom stereocenters. The van der Waals surface area contributed by atoms with Gasteiger partial charge in [-0.3, -0.25) is 4.79 Å². The SMILES string of the molecule is CC(OC(=O)c1csc(NCc2ccccc2)n1)C(=O)N(C)Cc1ccccc1. The van der Waals surface area contributed by atoms with Crippen molar-refractivity contribution < 1.29 is 14.3 Å². The Labute approximate surface area is 174 Å². The van der Waals surface area contributed by atoms with Gasteiger partial charge < -0.3 is 15.0 Å². The van der Waals surface area contributed by atoms with E-state index in [1.807, 2.05) is 60.7 Å². The maximum Gasteiger partial charge on any atom is 0.358 e. The molecule has 3 aromatic rings. The van der Waals surface area contributed by atoms with E-state index in [0.717, 1.165) is 11.1 Å². The van der Waals surface area contributed by atoms with E-state index in [4.69, 9.17) is 4.74 Å². The Kier molecular flexibility index (Phi) is 6.97. The minimum absolute atomic E-state index is 0.191. The molecule has 150 valence electrons. The van der Waals surface area contributed by atoms with Crippen molar-refractivity contribution in [2.24, 2.45) is 0 Å². The number of hydrogen-bond acceptors (Lipinski definition) is 6. The van der Waals surface area contributed by atoms with Gasteiger partial charge in [-0.25, -0.2) is 9.78 Å². The lowest BCUT2D eigenvalue weighted by atomic mass is 10.2. The molecular formula is C22H23N3O3S. The maximum atomic E-state index is 12.5. The first-order chi connectivity index (χ1) is 14.0. The van der Waals surface area contributed by atoms with Crippen LogP contribution in [0.5, 0.6) is 0 Å². The zero-order chi connectivity index (χ0) is 20.6. The molecular weight excluding hydrogens is 386 g/mol. The fraction of sp³-hybridized carbons (Fsp3) is 0.227. The number of esters is 1. The van der Waals surface area contributed by atoms with E-state index < -0.39 is 12.1 Å². The average Bonchev–Trinajstić information content (AvgIpc) is 3.22. The Bertz CT molecular complexity index is 944. The number of benzene rings is 2. The summed E-state index contributed by atoms with van der Waals surface area (Å²) >= 11 is 1.32. The van der Waals surface area contributed by atoms with Crippen LogP contribution in [0.1, 0.15) is 28.5 Å². The maximum absolute atomic E-state index is 12.5. The first-order valence-corrected chi connectivity index (χ1v) is 10.1. The summed E-state index contributed by atoms with van der Waals surface area (Å²) in [6.45, 7) is 2.64. The van der Waals surface area contributed by atoms with Gasteiger partial charge in [0.15, 0.2) is 16.9 Å². The molecule has 1 aromatic heterocycles. The standard InChI is InChI=1S/C22H23N3O3S/c1-16(20(26)25(2)14-18-11-7-4-8-12-18)28-21(27)19-15-29-22(24-19)23-13-17-9-5-3-6-10-17/h3-12,15-16H,13-14H2,1-2H3,(H,23,24). The number of thiazole rings is 1. The summed E-state index contributed by atoms with van der Waals surface area (Å²) in [6.07, 6.45) is -0.890. The summed E-state index contributed by atoms with van der Waals surface area (Å²) in [5.74, 6) is -0.872. The zero-order valence-corrected chi connectivity index (χ0v) is 17.2. The quantitative estimate of drug-likeness (QED) is 0.570. The molecule has 1 heterocycles. The highest BCUT2D eigenvalue weighted by molar-refractivity contribution is 7.13. The lowest BCUT2D eigenvalue weighted by Gasteiger charge is -2.21. The lowest BCUT2D eigenvalue weighted by molar-refractivity contribution is -0.139. The van der Waals surface area contributed by atoms with E-state index in [-0.39, 0.29) is 11.6 Å². The number of nitrogens with one attached hydrogen (secondary N) is 1. The third kappa shape index (κ3) is 5.89. The largest absolute Gasteiger partial charge is 0.448 e. The van der Waals surface area contributed by atoms with Crippen LogP contribution in [0.3, 0.4) is 0 Å². The Morgan fingerprint density at radius 2 is 1.69 bits per heavy atom. The van der Waals surface area contributed by atoms with Crippen LogP contribution in [0.4, 0.5) is 5.13 Å². The smallest absolute Gasteiger partial charge is 0.358 e. The molecule has 0 aliphatic heterocycles. The van der Waals surface area contributed by atoms with Crippen molar-refractivity contribution in [3.8, 4) is 0 Å². The van der Waals surface area contributed by atoms with Gasteiger partial charge >= 0.3 is 5.97 Å². The first kappa shape index (κ1) is 20.5. The molecule has 0 aliphatic carbocycles. The van der Waals surface area contributed by atoms with Crippen molar-refractivity contribution in [2.75, 3.05) is 12.4 Å². The van der Waals surface area contributed by atoms with Crippen LogP contribution < -0.4 is 5.32 Å². The molecule has 7 heteroatoms. The molecule has 0 saturated heterocycles. The van der Waals surface area contributed by atoms with Crippen LogP contribution >= 0.6 is 11.3 Å². The van der Waals surface area contributed by atoms with Crippen molar-refractivity contribution in [1.29, 1.82) is 0 Å². The van der Waals surface area contributed by atoms with Gasteiger partial charge in [-0.05, 0) is 18.1 Å². The summed E-state index contributed by atoms with van der Waals surface area (Å²) in [4.78, 5) is 30.6. The molecule has 0 spiro atoms. The molecule has 0 fully saturated rings. The highest BCUT2D eigenvalue weighted by Crippen LogP contribution is 2.18. The molecule has 6 nitrogen and oxygen atoms in total. The van der Waals surface area contributed by atoms with Gasteiger partial charge in [0.25, 0.3) is 5.91 Å². The fourth-order valence-electron chi connectivity index (χ4n) is 2.74. The highest BCUT2D eigenvalue weighted by atomic mass is 32.1. The van der Waals surface area contributed by atoms with E-state index >= 15 is 0 Å². The number of carbonyl (C=O) groups excluding carboxylic acids is 2. The number of likely N-dealkylation sites (N-methyl/N-ethyl adjacent to an activating group) is 1. The molecule has 0 saturated carbocycles. The summed E-state index contributed by atoms with van der Waals surface area (Å²) in [7, 11) is 1.69. The Morgan fingerprint density at radius 1 is 1.07 bits per heavy atom. The van der Waals surface area contributed by atoms with Gasteiger partial charge in [-0.15, -0.1) is 11.3 Å². The molecule has 0 aliphatic rings. The molecule has 2 aromatic carbocycles. The predicted octanol–water partition coefficient (Wildman–Crippen LogP) is 3.96. The number of rotatable bonds is 8. The number of ether oxygens (including phenoxy) is 1. The highest BCUT2D eigenvalue weighted by Gasteiger charge is 2.23. The fourth-order valence-corrected chi connectivity index (χ4v) is 3.42. The van der Waals surface area contributed by atoms with Crippen molar-refractivity contribution in [3.05, 3.63) is 82.9 Å². The van der Waals surface area contributed by atoms with Gasteiger partial charge in [0.1, 0.15) is 0 Å². The van der Waals surface area contributed by atoms with Crippen LogP contribution in [0.15, 0.2) is 66.0 Å². The number of nitrogens with zero attached hydrogens (tertiary/aromatic N) is 2. The third-order valence-electron chi connectivity index (χ3n) is 4.27. The van der Waals surface area contributed by atoms with Crippen molar-refractivity contribution >= 4 is 28.3 Å². The monoisotopic (exact) mass is 409 g/mol. The number of anilines is 1. The molecule has 1 amide bonds. The Morgan fingerprint density at radius 3 is 2.34 bits per heavy atom. The van der Waals surface area contributed by atoms with Gasteiger partial charge in [-0.2, -0.15) is 0 Å². The van der Waals surface area contributed by atoms with E-state index in [1.165, 1.54) is 11.3 Å². The molecule has 0 bridgehead atoms. The van der Waals surface area contributed by atoms with Gasteiger partial charge in [0.2, 0.25) is 0 Å². The van der Waals surface area contributed by atoms with Crippen LogP contribution in [0.2, 0.25) is 0 Å². The van der Waals surface area contributed by atoms with Gasteiger partial charge in [-0.1, -0.05) is 60.7 Å². The second-order valence-corrected chi connectivity index (χ2v) is 7.46. The molecule has 29 heavy (non-hydrogen) atoms. The van der Waals surface area contributed by atoms with E-state index in [0.29, 0.717) is 18.2 Å². The zero-order valence-electron chi connectivity index (χ0n) is 16.4. The Balaban J connectivity index is 1.51. The molecule has 1 N–H and O–H groups in total. The summed E-state index contributed by atoms with van der Waals surface area (Å²) < 4.78 is 5.32. The second-order valence-electron chi connectivity index (χ2n) is 6.60. The predicted molar refractivity (Wildman–Crippen MR) is 114 cm³/mol. The summed E-state index contributed by atoms with van der Waals surface area (Å²) in [6, 6.07) is 19.6. The van der Waals surface area contributed by atoms with Crippen molar-refractivity contribution in [1.82, 2.24) is 9.88 Å². The van der Waals surface area contributed by atoms with Crippen molar-refractivity contribution in [3.63, 3.8) is 0 Å². The number of carbonyl (C=O) groups is 2. The lowest BCUT2D eigenvalue weighted by Crippen LogP contribution is -2.37. The van der Waals surface area contributed by atoms with E-state index in [2.05, 4.69) is 10.3 Å². The van der Waals surface area contributed by atoms with Gasteiger partial charge in [0, 0.05) is 25.5 Å². The summed E-state index contributed by atoms with van der Waals surface area (Å²) in [5, 5.41) is 5.43.